The van der Waals surface area contributed by atoms with Crippen molar-refractivity contribution in [2.75, 3.05) is 52.4 Å². The minimum absolute atomic E-state index is 0.145. The van der Waals surface area contributed by atoms with Gasteiger partial charge in [-0.15, -0.1) is 0 Å². The number of anilines is 1. The van der Waals surface area contributed by atoms with Gasteiger partial charge in [0.2, 0.25) is 5.91 Å². The van der Waals surface area contributed by atoms with Crippen LogP contribution in [0, 0.1) is 5.92 Å². The number of hydrogen-bond acceptors (Lipinski definition) is 6. The number of ether oxygens (including phenoxy) is 2. The number of benzene rings is 1. The smallest absolute Gasteiger partial charge is 0.277 e. The lowest BCUT2D eigenvalue weighted by Gasteiger charge is -2.26. The van der Waals surface area contributed by atoms with E-state index in [4.69, 9.17) is 9.47 Å². The molecule has 2 rings (SSSR count). The number of hydrogen-bond donors (Lipinski definition) is 1. The Kier molecular flexibility index (Phi) is 8.56. The number of carbonyl (C=O) groups excluding carboxylic acids is 3. The molecule has 0 radical (unpaired) electrons. The van der Waals surface area contributed by atoms with Gasteiger partial charge in [0.15, 0.2) is 0 Å². The standard InChI is InChI=1S/C22H31N3O5/c1-15(2)14-25-21(27)19(17-6-8-18(9-7-17)23-16(3)26)20(22(25)28)24(10-12-29-4)11-13-30-5/h6-9,15H,10-14H2,1-5H3,(H,23,26). The normalized spacial score (nSPS) is 14.1. The van der Waals surface area contributed by atoms with Crippen molar-refractivity contribution in [2.24, 2.45) is 5.92 Å². The SMILES string of the molecule is COCCN(CCOC)C1=C(c2ccc(NC(C)=O)cc2)C(=O)N(CC(C)C)C1=O. The molecule has 1 heterocycles. The molecule has 0 bridgehead atoms. The molecule has 0 saturated carbocycles. The van der Waals surface area contributed by atoms with E-state index in [0.29, 0.717) is 55.4 Å². The zero-order valence-electron chi connectivity index (χ0n) is 18.4. The van der Waals surface area contributed by atoms with Crippen molar-refractivity contribution in [3.05, 3.63) is 35.5 Å². The molecular weight excluding hydrogens is 386 g/mol. The predicted octanol–water partition coefficient (Wildman–Crippen LogP) is 1.98. The van der Waals surface area contributed by atoms with Crippen LogP contribution in [0.4, 0.5) is 5.69 Å². The molecule has 0 atom stereocenters. The maximum Gasteiger partial charge on any atom is 0.277 e. The lowest BCUT2D eigenvalue weighted by atomic mass is 10.0. The summed E-state index contributed by atoms with van der Waals surface area (Å²) in [5, 5.41) is 2.71. The molecule has 1 N–H and O–H groups in total. The van der Waals surface area contributed by atoms with Crippen molar-refractivity contribution in [1.82, 2.24) is 9.80 Å². The van der Waals surface area contributed by atoms with Gasteiger partial charge >= 0.3 is 0 Å². The first-order valence-electron chi connectivity index (χ1n) is 10.0. The van der Waals surface area contributed by atoms with Gasteiger partial charge in [-0.05, 0) is 23.6 Å². The summed E-state index contributed by atoms with van der Waals surface area (Å²) in [4.78, 5) is 41.0. The topological polar surface area (TPSA) is 88.2 Å². The Morgan fingerprint density at radius 3 is 2.07 bits per heavy atom. The maximum absolute atomic E-state index is 13.3. The summed E-state index contributed by atoms with van der Waals surface area (Å²) in [7, 11) is 3.19. The van der Waals surface area contributed by atoms with Crippen molar-refractivity contribution in [2.45, 2.75) is 20.8 Å². The molecule has 1 aromatic carbocycles. The summed E-state index contributed by atoms with van der Waals surface area (Å²) < 4.78 is 10.4. The van der Waals surface area contributed by atoms with Crippen LogP contribution < -0.4 is 5.32 Å². The largest absolute Gasteiger partial charge is 0.383 e. The molecule has 0 spiro atoms. The Labute approximate surface area is 177 Å². The van der Waals surface area contributed by atoms with Crippen LogP contribution in [0.2, 0.25) is 0 Å². The first-order valence-corrected chi connectivity index (χ1v) is 10.0. The molecular formula is C22H31N3O5. The molecule has 1 aromatic rings. The van der Waals surface area contributed by atoms with Gasteiger partial charge in [0.05, 0.1) is 18.8 Å². The average Bonchev–Trinajstić information content (AvgIpc) is 2.93. The van der Waals surface area contributed by atoms with Crippen LogP contribution in [0.25, 0.3) is 5.57 Å². The molecule has 1 aliphatic rings. The summed E-state index contributed by atoms with van der Waals surface area (Å²) in [5.41, 5.74) is 1.98. The highest BCUT2D eigenvalue weighted by Gasteiger charge is 2.41. The fraction of sp³-hybridized carbons (Fsp3) is 0.500. The Morgan fingerprint density at radius 2 is 1.60 bits per heavy atom. The van der Waals surface area contributed by atoms with Crippen molar-refractivity contribution >= 4 is 29.0 Å². The zero-order valence-corrected chi connectivity index (χ0v) is 18.4. The van der Waals surface area contributed by atoms with E-state index < -0.39 is 0 Å². The second-order valence-corrected chi connectivity index (χ2v) is 7.57. The van der Waals surface area contributed by atoms with Gasteiger partial charge in [-0.3, -0.25) is 19.3 Å². The highest BCUT2D eigenvalue weighted by molar-refractivity contribution is 6.35. The number of nitrogens with zero attached hydrogens (tertiary/aromatic N) is 2. The van der Waals surface area contributed by atoms with Gasteiger partial charge in [-0.1, -0.05) is 26.0 Å². The van der Waals surface area contributed by atoms with E-state index in [-0.39, 0.29) is 23.6 Å². The van der Waals surface area contributed by atoms with Crippen LogP contribution in [0.3, 0.4) is 0 Å². The van der Waals surface area contributed by atoms with Gasteiger partial charge in [0.1, 0.15) is 5.70 Å². The maximum atomic E-state index is 13.3. The van der Waals surface area contributed by atoms with E-state index in [9.17, 15) is 14.4 Å². The fourth-order valence-corrected chi connectivity index (χ4v) is 3.31. The molecule has 0 fully saturated rings. The Hall–Kier alpha value is -2.71. The number of methoxy groups -OCH3 is 2. The van der Waals surface area contributed by atoms with Crippen molar-refractivity contribution in [1.29, 1.82) is 0 Å². The fourth-order valence-electron chi connectivity index (χ4n) is 3.31. The summed E-state index contributed by atoms with van der Waals surface area (Å²) in [6, 6.07) is 6.93. The number of rotatable bonds is 11. The Morgan fingerprint density at radius 1 is 1.03 bits per heavy atom. The summed E-state index contributed by atoms with van der Waals surface area (Å²) >= 11 is 0. The van der Waals surface area contributed by atoms with Crippen LogP contribution in [0.5, 0.6) is 0 Å². The molecule has 0 aliphatic carbocycles. The molecule has 0 aromatic heterocycles. The molecule has 1 aliphatic heterocycles. The number of nitrogens with one attached hydrogen (secondary N) is 1. The molecule has 0 saturated heterocycles. The van der Waals surface area contributed by atoms with E-state index in [2.05, 4.69) is 5.32 Å². The summed E-state index contributed by atoms with van der Waals surface area (Å²) in [5.74, 6) is -0.645. The van der Waals surface area contributed by atoms with Gasteiger partial charge in [-0.2, -0.15) is 0 Å². The lowest BCUT2D eigenvalue weighted by Crippen LogP contribution is -2.39. The highest BCUT2D eigenvalue weighted by atomic mass is 16.5. The lowest BCUT2D eigenvalue weighted by molar-refractivity contribution is -0.138. The Balaban J connectivity index is 2.51. The predicted molar refractivity (Wildman–Crippen MR) is 115 cm³/mol. The van der Waals surface area contributed by atoms with E-state index >= 15 is 0 Å². The molecule has 8 nitrogen and oxygen atoms in total. The average molecular weight is 418 g/mol. The van der Waals surface area contributed by atoms with Crippen LogP contribution >= 0.6 is 0 Å². The summed E-state index contributed by atoms with van der Waals surface area (Å²) in [6.07, 6.45) is 0. The molecule has 8 heteroatoms. The zero-order chi connectivity index (χ0) is 22.3. The summed E-state index contributed by atoms with van der Waals surface area (Å²) in [6.45, 7) is 7.44. The van der Waals surface area contributed by atoms with E-state index in [1.165, 1.54) is 11.8 Å². The van der Waals surface area contributed by atoms with Crippen LogP contribution in [-0.4, -0.2) is 74.6 Å². The molecule has 30 heavy (non-hydrogen) atoms. The first kappa shape index (κ1) is 23.6. The number of amides is 3. The van der Waals surface area contributed by atoms with Crippen LogP contribution in [-0.2, 0) is 23.9 Å². The van der Waals surface area contributed by atoms with Gasteiger partial charge in [-0.25, -0.2) is 0 Å². The monoisotopic (exact) mass is 417 g/mol. The number of carbonyl (C=O) groups is 3. The Bertz CT molecular complexity index is 793. The second kappa shape index (κ2) is 10.9. The second-order valence-electron chi connectivity index (χ2n) is 7.57. The van der Waals surface area contributed by atoms with Crippen molar-refractivity contribution in [3.8, 4) is 0 Å². The third-order valence-electron chi connectivity index (χ3n) is 4.63. The molecule has 3 amide bonds. The quantitative estimate of drug-likeness (QED) is 0.554. The van der Waals surface area contributed by atoms with Crippen LogP contribution in [0.15, 0.2) is 30.0 Å². The van der Waals surface area contributed by atoms with Gasteiger partial charge in [0, 0.05) is 46.5 Å². The first-order chi connectivity index (χ1) is 14.3. The highest BCUT2D eigenvalue weighted by Crippen LogP contribution is 2.32. The third kappa shape index (κ3) is 5.67. The minimum atomic E-state index is -0.309. The minimum Gasteiger partial charge on any atom is -0.383 e. The van der Waals surface area contributed by atoms with Crippen LogP contribution in [0.1, 0.15) is 26.3 Å². The van der Waals surface area contributed by atoms with Crippen molar-refractivity contribution < 1.29 is 23.9 Å². The number of imide groups is 1. The molecule has 164 valence electrons. The van der Waals surface area contributed by atoms with E-state index in [1.54, 1.807) is 38.5 Å². The molecule has 0 unspecified atom stereocenters. The van der Waals surface area contributed by atoms with E-state index in [0.717, 1.165) is 0 Å². The third-order valence-corrected chi connectivity index (χ3v) is 4.63. The van der Waals surface area contributed by atoms with E-state index in [1.807, 2.05) is 18.7 Å². The van der Waals surface area contributed by atoms with Gasteiger partial charge < -0.3 is 19.7 Å². The van der Waals surface area contributed by atoms with Gasteiger partial charge in [0.25, 0.3) is 11.8 Å². The van der Waals surface area contributed by atoms with Crippen molar-refractivity contribution in [3.63, 3.8) is 0 Å².